The van der Waals surface area contributed by atoms with Gasteiger partial charge in [-0.2, -0.15) is 11.8 Å². The van der Waals surface area contributed by atoms with Gasteiger partial charge >= 0.3 is 5.97 Å². The van der Waals surface area contributed by atoms with Crippen molar-refractivity contribution in [2.45, 2.75) is 25.1 Å². The fourth-order valence-electron chi connectivity index (χ4n) is 1.83. The second-order valence-corrected chi connectivity index (χ2v) is 7.23. The van der Waals surface area contributed by atoms with Gasteiger partial charge in [0.15, 0.2) is 0 Å². The van der Waals surface area contributed by atoms with Crippen molar-refractivity contribution >= 4 is 39.2 Å². The first-order valence-electron chi connectivity index (χ1n) is 5.99. The van der Waals surface area contributed by atoms with Crippen LogP contribution in [0.25, 0.3) is 10.1 Å². The second kappa shape index (κ2) is 5.53. The molecule has 0 atom stereocenters. The van der Waals surface area contributed by atoms with E-state index in [-0.39, 0.29) is 5.54 Å². The van der Waals surface area contributed by atoms with Gasteiger partial charge in [0.2, 0.25) is 0 Å². The largest absolute Gasteiger partial charge is 0.477 e. The van der Waals surface area contributed by atoms with Crippen molar-refractivity contribution in [3.63, 3.8) is 0 Å². The van der Waals surface area contributed by atoms with E-state index < -0.39 is 5.97 Å². The number of benzene rings is 1. The van der Waals surface area contributed by atoms with Crippen LogP contribution < -0.4 is 5.73 Å². The molecule has 0 fully saturated rings. The molecule has 0 bridgehead atoms. The van der Waals surface area contributed by atoms with Gasteiger partial charge in [-0.25, -0.2) is 4.79 Å². The lowest BCUT2D eigenvalue weighted by atomic mass is 10.1. The molecule has 102 valence electrons. The maximum absolute atomic E-state index is 11.3. The molecule has 1 aromatic heterocycles. The normalized spacial score (nSPS) is 11.9. The molecule has 0 amide bonds. The first-order chi connectivity index (χ1) is 8.88. The Bertz CT molecular complexity index is 599. The standard InChI is InChI=1S/C14H17NO2S2/c1-14(2,15)8-18-7-10-9-5-3-4-6-11(9)19-12(10)13(16)17/h3-6H,7-8,15H2,1-2H3,(H,16,17). The summed E-state index contributed by atoms with van der Waals surface area (Å²) in [7, 11) is 0. The van der Waals surface area contributed by atoms with E-state index in [9.17, 15) is 9.90 Å². The van der Waals surface area contributed by atoms with E-state index in [1.165, 1.54) is 11.3 Å². The van der Waals surface area contributed by atoms with Gasteiger partial charge in [-0.1, -0.05) is 18.2 Å². The molecule has 1 aromatic carbocycles. The summed E-state index contributed by atoms with van der Waals surface area (Å²) in [6.45, 7) is 3.95. The minimum absolute atomic E-state index is 0.236. The number of aromatic carboxylic acids is 1. The molecule has 1 heterocycles. The van der Waals surface area contributed by atoms with Gasteiger partial charge in [0.05, 0.1) is 0 Å². The molecule has 2 aromatic rings. The molecule has 0 aliphatic carbocycles. The second-order valence-electron chi connectivity index (χ2n) is 5.19. The van der Waals surface area contributed by atoms with Crippen molar-refractivity contribution in [2.75, 3.05) is 5.75 Å². The molecule has 5 heteroatoms. The van der Waals surface area contributed by atoms with Gasteiger partial charge in [-0.15, -0.1) is 11.3 Å². The number of fused-ring (bicyclic) bond motifs is 1. The van der Waals surface area contributed by atoms with E-state index in [2.05, 4.69) is 0 Å². The quantitative estimate of drug-likeness (QED) is 0.885. The van der Waals surface area contributed by atoms with Crippen molar-refractivity contribution in [3.05, 3.63) is 34.7 Å². The SMILES string of the molecule is CC(C)(N)CSCc1c(C(=O)O)sc2ccccc12. The summed E-state index contributed by atoms with van der Waals surface area (Å²) in [4.78, 5) is 11.8. The summed E-state index contributed by atoms with van der Waals surface area (Å²) >= 11 is 3.03. The molecule has 0 saturated carbocycles. The Morgan fingerprint density at radius 1 is 1.42 bits per heavy atom. The van der Waals surface area contributed by atoms with Gasteiger partial charge in [0.25, 0.3) is 0 Å². The first-order valence-corrected chi connectivity index (χ1v) is 7.96. The van der Waals surface area contributed by atoms with Gasteiger partial charge in [-0.05, 0) is 30.9 Å². The summed E-state index contributed by atoms with van der Waals surface area (Å²) in [5.41, 5.74) is 6.63. The zero-order valence-corrected chi connectivity index (χ0v) is 12.6. The van der Waals surface area contributed by atoms with E-state index in [0.717, 1.165) is 21.4 Å². The van der Waals surface area contributed by atoms with Gasteiger partial charge in [-0.3, -0.25) is 0 Å². The van der Waals surface area contributed by atoms with Gasteiger partial charge in [0, 0.05) is 21.7 Å². The number of carboxylic acid groups (broad SMARTS) is 1. The van der Waals surface area contributed by atoms with E-state index in [0.29, 0.717) is 10.6 Å². The van der Waals surface area contributed by atoms with Crippen LogP contribution in [0.15, 0.2) is 24.3 Å². The zero-order valence-electron chi connectivity index (χ0n) is 11.0. The molecule has 0 saturated heterocycles. The molecule has 0 unspecified atom stereocenters. The first kappa shape index (κ1) is 14.4. The zero-order chi connectivity index (χ0) is 14.0. The van der Waals surface area contributed by atoms with E-state index in [1.807, 2.05) is 38.1 Å². The van der Waals surface area contributed by atoms with Gasteiger partial charge < -0.3 is 10.8 Å². The van der Waals surface area contributed by atoms with Crippen molar-refractivity contribution in [2.24, 2.45) is 5.73 Å². The molecule has 0 aliphatic rings. The Morgan fingerprint density at radius 2 is 2.11 bits per heavy atom. The van der Waals surface area contributed by atoms with E-state index in [1.54, 1.807) is 11.8 Å². The van der Waals surface area contributed by atoms with E-state index in [4.69, 9.17) is 5.73 Å². The number of thiophene rings is 1. The number of carboxylic acids is 1. The predicted octanol–water partition coefficient (Wildman–Crippen LogP) is 3.57. The molecule has 0 spiro atoms. The van der Waals surface area contributed by atoms with Crippen LogP contribution in [0.1, 0.15) is 29.1 Å². The lowest BCUT2D eigenvalue weighted by Crippen LogP contribution is -2.34. The third kappa shape index (κ3) is 3.49. The Kier molecular flexibility index (Phi) is 4.18. The molecule has 3 nitrogen and oxygen atoms in total. The Balaban J connectivity index is 2.29. The molecule has 0 aliphatic heterocycles. The number of carbonyl (C=O) groups is 1. The average molecular weight is 295 g/mol. The Labute approximate surface area is 120 Å². The van der Waals surface area contributed by atoms with Crippen LogP contribution in [0, 0.1) is 0 Å². The topological polar surface area (TPSA) is 63.3 Å². The molecule has 3 N–H and O–H groups in total. The number of hydrogen-bond donors (Lipinski definition) is 2. The van der Waals surface area contributed by atoms with Crippen LogP contribution >= 0.6 is 23.1 Å². The van der Waals surface area contributed by atoms with Crippen LogP contribution in [0.5, 0.6) is 0 Å². The molecular weight excluding hydrogens is 278 g/mol. The van der Waals surface area contributed by atoms with Crippen LogP contribution in [-0.2, 0) is 5.75 Å². The highest BCUT2D eigenvalue weighted by molar-refractivity contribution is 7.98. The summed E-state index contributed by atoms with van der Waals surface area (Å²) in [6, 6.07) is 7.83. The summed E-state index contributed by atoms with van der Waals surface area (Å²) < 4.78 is 1.03. The summed E-state index contributed by atoms with van der Waals surface area (Å²) in [6.07, 6.45) is 0. The van der Waals surface area contributed by atoms with Crippen molar-refractivity contribution < 1.29 is 9.90 Å². The van der Waals surface area contributed by atoms with Crippen molar-refractivity contribution in [3.8, 4) is 0 Å². The molecular formula is C14H17NO2S2. The average Bonchev–Trinajstić information content (AvgIpc) is 2.67. The fourth-order valence-corrected chi connectivity index (χ4v) is 4.11. The van der Waals surface area contributed by atoms with E-state index >= 15 is 0 Å². The smallest absolute Gasteiger partial charge is 0.346 e. The Hall–Kier alpha value is -1.04. The van der Waals surface area contributed by atoms with Crippen LogP contribution in [-0.4, -0.2) is 22.4 Å². The maximum Gasteiger partial charge on any atom is 0.346 e. The number of thioether (sulfide) groups is 1. The minimum atomic E-state index is -0.844. The number of nitrogens with two attached hydrogens (primary N) is 1. The molecule has 2 rings (SSSR count). The number of hydrogen-bond acceptors (Lipinski definition) is 4. The van der Waals surface area contributed by atoms with Crippen LogP contribution in [0.3, 0.4) is 0 Å². The minimum Gasteiger partial charge on any atom is -0.477 e. The van der Waals surface area contributed by atoms with Crippen molar-refractivity contribution in [1.82, 2.24) is 0 Å². The third-order valence-electron chi connectivity index (χ3n) is 2.61. The monoisotopic (exact) mass is 295 g/mol. The number of rotatable bonds is 5. The molecule has 0 radical (unpaired) electrons. The van der Waals surface area contributed by atoms with Crippen LogP contribution in [0.2, 0.25) is 0 Å². The predicted molar refractivity (Wildman–Crippen MR) is 83.2 cm³/mol. The fraction of sp³-hybridized carbons (Fsp3) is 0.357. The summed E-state index contributed by atoms with van der Waals surface area (Å²) in [5, 5.41) is 10.4. The van der Waals surface area contributed by atoms with Crippen LogP contribution in [0.4, 0.5) is 0 Å². The highest BCUT2D eigenvalue weighted by Crippen LogP contribution is 2.34. The lowest BCUT2D eigenvalue weighted by molar-refractivity contribution is 0.0701. The highest BCUT2D eigenvalue weighted by atomic mass is 32.2. The molecule has 19 heavy (non-hydrogen) atoms. The summed E-state index contributed by atoms with van der Waals surface area (Å²) in [5.74, 6) is 0.645. The van der Waals surface area contributed by atoms with Gasteiger partial charge in [0.1, 0.15) is 4.88 Å². The van der Waals surface area contributed by atoms with Crippen molar-refractivity contribution in [1.29, 1.82) is 0 Å². The third-order valence-corrected chi connectivity index (χ3v) is 5.25. The maximum atomic E-state index is 11.3. The Morgan fingerprint density at radius 3 is 2.74 bits per heavy atom. The highest BCUT2D eigenvalue weighted by Gasteiger charge is 2.18. The lowest BCUT2D eigenvalue weighted by Gasteiger charge is -2.17.